The molecule has 1 aromatic rings. The Labute approximate surface area is 113 Å². The van der Waals surface area contributed by atoms with Crippen LogP contribution in [0.15, 0.2) is 11.2 Å². The van der Waals surface area contributed by atoms with Crippen molar-refractivity contribution in [2.45, 2.75) is 50.1 Å². The van der Waals surface area contributed by atoms with Gasteiger partial charge in [0.1, 0.15) is 5.82 Å². The monoisotopic (exact) mass is 287 g/mol. The number of hydrogen-bond donors (Lipinski definition) is 3. The maximum atomic E-state index is 12.2. The van der Waals surface area contributed by atoms with Gasteiger partial charge in [0, 0.05) is 18.6 Å². The second kappa shape index (κ2) is 5.60. The number of aliphatic hydroxyl groups is 1. The van der Waals surface area contributed by atoms with E-state index in [4.69, 9.17) is 5.11 Å². The van der Waals surface area contributed by atoms with Crippen molar-refractivity contribution in [1.29, 1.82) is 0 Å². The van der Waals surface area contributed by atoms with Gasteiger partial charge in [0.15, 0.2) is 5.03 Å². The third-order valence-corrected chi connectivity index (χ3v) is 4.75. The molecule has 0 amide bonds. The Balaban J connectivity index is 2.11. The molecule has 1 aromatic heterocycles. The molecule has 7 heteroatoms. The fourth-order valence-electron chi connectivity index (χ4n) is 2.04. The summed E-state index contributed by atoms with van der Waals surface area (Å²) in [6, 6.07) is -0.180. The van der Waals surface area contributed by atoms with Crippen LogP contribution in [0.2, 0.25) is 0 Å². The summed E-state index contributed by atoms with van der Waals surface area (Å²) in [5.41, 5.74) is 0. The molecule has 0 aromatic carbocycles. The van der Waals surface area contributed by atoms with Gasteiger partial charge >= 0.3 is 0 Å². The maximum absolute atomic E-state index is 12.2. The molecule has 0 bridgehead atoms. The first-order valence-electron chi connectivity index (χ1n) is 6.62. The normalized spacial score (nSPS) is 17.9. The van der Waals surface area contributed by atoms with E-state index in [1.807, 2.05) is 13.8 Å². The number of nitrogens with zero attached hydrogens (tertiary/aromatic N) is 1. The van der Waals surface area contributed by atoms with E-state index in [2.05, 4.69) is 14.7 Å². The third kappa shape index (κ3) is 3.55. The highest BCUT2D eigenvalue weighted by Gasteiger charge is 2.34. The summed E-state index contributed by atoms with van der Waals surface area (Å²) in [7, 11) is -3.58. The predicted octanol–water partition coefficient (Wildman–Crippen LogP) is 0.972. The van der Waals surface area contributed by atoms with Crippen LogP contribution in [-0.4, -0.2) is 36.1 Å². The molecule has 19 heavy (non-hydrogen) atoms. The van der Waals surface area contributed by atoms with Crippen LogP contribution in [0.4, 0.5) is 0 Å². The van der Waals surface area contributed by atoms with Crippen LogP contribution in [0.25, 0.3) is 0 Å². The summed E-state index contributed by atoms with van der Waals surface area (Å²) in [5.74, 6) is 1.17. The molecule has 1 atom stereocenters. The van der Waals surface area contributed by atoms with Gasteiger partial charge in [0.2, 0.25) is 0 Å². The number of H-pyrrole nitrogens is 1. The van der Waals surface area contributed by atoms with Crippen LogP contribution < -0.4 is 4.72 Å². The lowest BCUT2D eigenvalue weighted by atomic mass is 10.1. The van der Waals surface area contributed by atoms with Gasteiger partial charge < -0.3 is 10.1 Å². The van der Waals surface area contributed by atoms with E-state index in [1.165, 1.54) is 6.20 Å². The van der Waals surface area contributed by atoms with E-state index in [-0.39, 0.29) is 23.6 Å². The number of hydrogen-bond acceptors (Lipinski definition) is 4. The Bertz CT molecular complexity index is 520. The predicted molar refractivity (Wildman–Crippen MR) is 71.2 cm³/mol. The van der Waals surface area contributed by atoms with Crippen molar-refractivity contribution in [3.8, 4) is 0 Å². The molecular formula is C12H21N3O3S. The lowest BCUT2D eigenvalue weighted by Gasteiger charge is -2.16. The van der Waals surface area contributed by atoms with Gasteiger partial charge in [-0.25, -0.2) is 18.1 Å². The summed E-state index contributed by atoms with van der Waals surface area (Å²) in [6.07, 6.45) is 3.84. The van der Waals surface area contributed by atoms with Gasteiger partial charge in [-0.3, -0.25) is 0 Å². The molecule has 0 spiro atoms. The van der Waals surface area contributed by atoms with Crippen LogP contribution >= 0.6 is 0 Å². The quantitative estimate of drug-likeness (QED) is 0.696. The average Bonchev–Trinajstić information content (AvgIpc) is 3.04. The molecule has 6 nitrogen and oxygen atoms in total. The molecule has 0 saturated heterocycles. The zero-order valence-electron chi connectivity index (χ0n) is 11.3. The van der Waals surface area contributed by atoms with Crippen molar-refractivity contribution in [2.75, 3.05) is 6.61 Å². The zero-order chi connectivity index (χ0) is 14.0. The number of sulfonamides is 1. The molecule has 0 aliphatic heterocycles. The minimum absolute atomic E-state index is 0.0100. The second-order valence-electron chi connectivity index (χ2n) is 5.36. The summed E-state index contributed by atoms with van der Waals surface area (Å²) >= 11 is 0. The molecule has 1 aliphatic carbocycles. The van der Waals surface area contributed by atoms with Gasteiger partial charge in [-0.2, -0.15) is 0 Å². The fourth-order valence-corrected chi connectivity index (χ4v) is 3.31. The number of nitrogens with one attached hydrogen (secondary N) is 2. The van der Waals surface area contributed by atoms with Gasteiger partial charge in [0.05, 0.1) is 6.20 Å². The Morgan fingerprint density at radius 1 is 1.53 bits per heavy atom. The molecular weight excluding hydrogens is 266 g/mol. The first kappa shape index (κ1) is 14.5. The summed E-state index contributed by atoms with van der Waals surface area (Å²) in [6.45, 7) is 3.88. The topological polar surface area (TPSA) is 95.1 Å². The van der Waals surface area contributed by atoms with E-state index >= 15 is 0 Å². The lowest BCUT2D eigenvalue weighted by Crippen LogP contribution is -2.37. The smallest absolute Gasteiger partial charge is 0.257 e. The third-order valence-electron chi connectivity index (χ3n) is 3.35. The Hall–Kier alpha value is -0.920. The average molecular weight is 287 g/mol. The maximum Gasteiger partial charge on any atom is 0.257 e. The first-order valence-corrected chi connectivity index (χ1v) is 8.10. The molecule has 3 N–H and O–H groups in total. The van der Waals surface area contributed by atoms with Crippen molar-refractivity contribution < 1.29 is 13.5 Å². The van der Waals surface area contributed by atoms with Gasteiger partial charge in [0.25, 0.3) is 10.0 Å². The molecule has 108 valence electrons. The number of aromatic amines is 1. The lowest BCUT2D eigenvalue weighted by molar-refractivity contribution is 0.265. The van der Waals surface area contributed by atoms with E-state index in [1.54, 1.807) is 0 Å². The number of aromatic nitrogens is 2. The molecule has 1 fully saturated rings. The summed E-state index contributed by atoms with van der Waals surface area (Å²) < 4.78 is 27.1. The van der Waals surface area contributed by atoms with Crippen molar-refractivity contribution in [2.24, 2.45) is 5.92 Å². The van der Waals surface area contributed by atoms with Crippen LogP contribution in [0.5, 0.6) is 0 Å². The Morgan fingerprint density at radius 3 is 2.68 bits per heavy atom. The highest BCUT2D eigenvalue weighted by atomic mass is 32.2. The summed E-state index contributed by atoms with van der Waals surface area (Å²) in [4.78, 5) is 6.91. The minimum Gasteiger partial charge on any atom is -0.396 e. The molecule has 1 saturated carbocycles. The largest absolute Gasteiger partial charge is 0.396 e. The molecule has 1 aliphatic rings. The van der Waals surface area contributed by atoms with Gasteiger partial charge in [-0.05, 0) is 25.2 Å². The second-order valence-corrected chi connectivity index (χ2v) is 7.05. The van der Waals surface area contributed by atoms with Crippen LogP contribution in [0, 0.1) is 5.92 Å². The standard InChI is InChI=1S/C12H21N3O3S/c1-8(2)12-13-7-11(14-12)19(17,18)15-10(5-6-16)9-3-4-9/h7-10,15-16H,3-6H2,1-2H3,(H,13,14). The fraction of sp³-hybridized carbons (Fsp3) is 0.750. The SMILES string of the molecule is CC(C)c1ncc(S(=O)(=O)NC(CCO)C2CC2)[nH]1. The summed E-state index contributed by atoms with van der Waals surface area (Å²) in [5, 5.41) is 9.10. The number of aliphatic hydroxyl groups excluding tert-OH is 1. The van der Waals surface area contributed by atoms with Crippen LogP contribution in [-0.2, 0) is 10.0 Å². The Kier molecular flexibility index (Phi) is 4.27. The van der Waals surface area contributed by atoms with E-state index in [9.17, 15) is 8.42 Å². The zero-order valence-corrected chi connectivity index (χ0v) is 12.1. The molecule has 1 unspecified atom stereocenters. The van der Waals surface area contributed by atoms with E-state index < -0.39 is 10.0 Å². The first-order chi connectivity index (χ1) is 8.94. The van der Waals surface area contributed by atoms with Crippen molar-refractivity contribution in [1.82, 2.24) is 14.7 Å². The van der Waals surface area contributed by atoms with Crippen molar-refractivity contribution >= 4 is 10.0 Å². The van der Waals surface area contributed by atoms with E-state index in [0.29, 0.717) is 18.2 Å². The molecule has 1 heterocycles. The molecule has 2 rings (SSSR count). The Morgan fingerprint density at radius 2 is 2.21 bits per heavy atom. The minimum atomic E-state index is -3.58. The van der Waals surface area contributed by atoms with Gasteiger partial charge in [-0.15, -0.1) is 0 Å². The number of rotatable bonds is 7. The van der Waals surface area contributed by atoms with Crippen LogP contribution in [0.3, 0.4) is 0 Å². The van der Waals surface area contributed by atoms with Crippen molar-refractivity contribution in [3.05, 3.63) is 12.0 Å². The van der Waals surface area contributed by atoms with Crippen molar-refractivity contribution in [3.63, 3.8) is 0 Å². The van der Waals surface area contributed by atoms with Gasteiger partial charge in [-0.1, -0.05) is 13.8 Å². The number of imidazole rings is 1. The van der Waals surface area contributed by atoms with E-state index in [0.717, 1.165) is 12.8 Å². The highest BCUT2D eigenvalue weighted by molar-refractivity contribution is 7.89. The molecule has 0 radical (unpaired) electrons. The van der Waals surface area contributed by atoms with Crippen LogP contribution in [0.1, 0.15) is 44.9 Å². The highest BCUT2D eigenvalue weighted by Crippen LogP contribution is 2.34.